The first kappa shape index (κ1) is 15.0. The average molecular weight is 290 g/mol. The van der Waals surface area contributed by atoms with Crippen LogP contribution < -0.4 is 10.5 Å². The van der Waals surface area contributed by atoms with E-state index >= 15 is 0 Å². The Balaban J connectivity index is 2.44. The molecule has 21 heavy (non-hydrogen) atoms. The van der Waals surface area contributed by atoms with E-state index in [-0.39, 0.29) is 0 Å². The third-order valence-corrected chi connectivity index (χ3v) is 3.18. The molecule has 0 radical (unpaired) electrons. The number of aromatic nitrogens is 3. The van der Waals surface area contributed by atoms with Crippen LogP contribution in [0.25, 0.3) is 17.1 Å². The van der Waals surface area contributed by atoms with Gasteiger partial charge in [0.15, 0.2) is 0 Å². The van der Waals surface area contributed by atoms with Gasteiger partial charge in [-0.2, -0.15) is 0 Å². The lowest BCUT2D eigenvalue weighted by atomic mass is 10.0. The molecule has 0 fully saturated rings. The summed E-state index contributed by atoms with van der Waals surface area (Å²) in [5, 5.41) is 10.6. The summed E-state index contributed by atoms with van der Waals surface area (Å²) < 4.78 is 5.73. The van der Waals surface area contributed by atoms with E-state index in [1.54, 1.807) is 33.0 Å². The van der Waals surface area contributed by atoms with Gasteiger partial charge in [-0.15, -0.1) is 0 Å². The Bertz CT molecular complexity index is 685. The molecule has 0 aliphatic heterocycles. The van der Waals surface area contributed by atoms with Crippen LogP contribution in [0.2, 0.25) is 0 Å². The van der Waals surface area contributed by atoms with Gasteiger partial charge in [0.2, 0.25) is 11.8 Å². The van der Waals surface area contributed by atoms with E-state index in [1.165, 1.54) is 12.4 Å². The van der Waals surface area contributed by atoms with Crippen molar-refractivity contribution in [3.8, 4) is 5.88 Å². The fraction of sp³-hybridized carbons (Fsp3) is 0.357. The van der Waals surface area contributed by atoms with Crippen LogP contribution in [0, 0.1) is 0 Å². The molecular formula is C14H18N4O3. The number of carbonyl (C=O) groups excluding carboxylic acids is 1. The standard InChI is InChI=1S/C14H18N4O3/c1-8(14(2,3)20)21-13-11-9(4-5-10(15)19)6-16-12(11)17-7-18-13/h4-8,20H,1-3H3,(H2,15,19)(H,16,17,18). The molecule has 1 atom stereocenters. The van der Waals surface area contributed by atoms with Crippen LogP contribution in [0.4, 0.5) is 0 Å². The van der Waals surface area contributed by atoms with Crippen LogP contribution >= 0.6 is 0 Å². The number of hydrogen-bond donors (Lipinski definition) is 3. The topological polar surface area (TPSA) is 114 Å². The fourth-order valence-corrected chi connectivity index (χ4v) is 1.66. The van der Waals surface area contributed by atoms with Gasteiger partial charge in [0.1, 0.15) is 18.1 Å². The number of amides is 1. The zero-order chi connectivity index (χ0) is 15.6. The Labute approximate surface area is 121 Å². The lowest BCUT2D eigenvalue weighted by Gasteiger charge is -2.26. The molecule has 2 aromatic heterocycles. The molecule has 2 heterocycles. The van der Waals surface area contributed by atoms with Crippen molar-refractivity contribution in [2.75, 3.05) is 0 Å². The molecule has 1 unspecified atom stereocenters. The lowest BCUT2D eigenvalue weighted by molar-refractivity contribution is -0.113. The first-order valence-corrected chi connectivity index (χ1v) is 6.47. The summed E-state index contributed by atoms with van der Waals surface area (Å²) in [7, 11) is 0. The number of hydrogen-bond acceptors (Lipinski definition) is 5. The van der Waals surface area contributed by atoms with Crippen molar-refractivity contribution in [1.82, 2.24) is 15.0 Å². The molecule has 0 spiro atoms. The van der Waals surface area contributed by atoms with Gasteiger partial charge in [-0.3, -0.25) is 4.79 Å². The Kier molecular flexibility index (Phi) is 3.95. The Morgan fingerprint density at radius 1 is 1.52 bits per heavy atom. The van der Waals surface area contributed by atoms with Crippen LogP contribution in [0.3, 0.4) is 0 Å². The molecule has 2 aromatic rings. The highest BCUT2D eigenvalue weighted by Gasteiger charge is 2.25. The van der Waals surface area contributed by atoms with Crippen LogP contribution in [0.5, 0.6) is 5.88 Å². The van der Waals surface area contributed by atoms with Gasteiger partial charge in [0.25, 0.3) is 0 Å². The molecule has 0 bridgehead atoms. The van der Waals surface area contributed by atoms with Gasteiger partial charge >= 0.3 is 0 Å². The highest BCUT2D eigenvalue weighted by molar-refractivity contribution is 5.96. The van der Waals surface area contributed by atoms with Crippen molar-refractivity contribution in [2.24, 2.45) is 5.73 Å². The SMILES string of the molecule is CC(Oc1ncnc2[nH]cc(C=CC(N)=O)c12)C(C)(C)O. The number of nitrogens with zero attached hydrogens (tertiary/aromatic N) is 2. The zero-order valence-electron chi connectivity index (χ0n) is 12.1. The molecule has 0 saturated carbocycles. The van der Waals surface area contributed by atoms with Gasteiger partial charge < -0.3 is 20.6 Å². The van der Waals surface area contributed by atoms with Crippen LogP contribution in [0.1, 0.15) is 26.3 Å². The molecule has 2 rings (SSSR count). The number of nitrogens with one attached hydrogen (secondary N) is 1. The van der Waals surface area contributed by atoms with Gasteiger partial charge in [-0.1, -0.05) is 0 Å². The Morgan fingerprint density at radius 3 is 2.86 bits per heavy atom. The molecule has 7 heteroatoms. The van der Waals surface area contributed by atoms with Crippen molar-refractivity contribution >= 4 is 23.0 Å². The first-order chi connectivity index (χ1) is 9.79. The van der Waals surface area contributed by atoms with Crippen molar-refractivity contribution in [1.29, 1.82) is 0 Å². The van der Waals surface area contributed by atoms with E-state index < -0.39 is 17.6 Å². The second kappa shape index (κ2) is 5.53. The van der Waals surface area contributed by atoms with Crippen LogP contribution in [0.15, 0.2) is 18.6 Å². The average Bonchev–Trinajstić information content (AvgIpc) is 2.79. The highest BCUT2D eigenvalue weighted by Crippen LogP contribution is 2.28. The molecule has 112 valence electrons. The summed E-state index contributed by atoms with van der Waals surface area (Å²) in [5.74, 6) is -0.214. The number of nitrogens with two attached hydrogens (primary N) is 1. The number of H-pyrrole nitrogens is 1. The molecule has 0 saturated heterocycles. The monoisotopic (exact) mass is 290 g/mol. The first-order valence-electron chi connectivity index (χ1n) is 6.47. The summed E-state index contributed by atoms with van der Waals surface area (Å²) in [6.07, 6.45) is 5.39. The quantitative estimate of drug-likeness (QED) is 0.711. The lowest BCUT2D eigenvalue weighted by Crippen LogP contribution is -2.38. The second-order valence-corrected chi connectivity index (χ2v) is 5.30. The third-order valence-electron chi connectivity index (χ3n) is 3.18. The maximum atomic E-state index is 10.9. The summed E-state index contributed by atoms with van der Waals surface area (Å²) >= 11 is 0. The third kappa shape index (κ3) is 3.38. The van der Waals surface area contributed by atoms with Crippen molar-refractivity contribution in [3.63, 3.8) is 0 Å². The minimum Gasteiger partial charge on any atom is -0.471 e. The van der Waals surface area contributed by atoms with Crippen molar-refractivity contribution in [3.05, 3.63) is 24.2 Å². The summed E-state index contributed by atoms with van der Waals surface area (Å²) in [6, 6.07) is 0. The van der Waals surface area contributed by atoms with Gasteiger partial charge in [-0.25, -0.2) is 9.97 Å². The van der Waals surface area contributed by atoms with Gasteiger partial charge in [-0.05, 0) is 26.8 Å². The van der Waals surface area contributed by atoms with Crippen molar-refractivity contribution < 1.29 is 14.6 Å². The normalized spacial score (nSPS) is 13.7. The molecule has 0 aromatic carbocycles. The Morgan fingerprint density at radius 2 is 2.24 bits per heavy atom. The van der Waals surface area contributed by atoms with Gasteiger partial charge in [0, 0.05) is 17.8 Å². The highest BCUT2D eigenvalue weighted by atomic mass is 16.5. The smallest absolute Gasteiger partial charge is 0.241 e. The van der Waals surface area contributed by atoms with E-state index in [0.717, 1.165) is 0 Å². The molecular weight excluding hydrogens is 272 g/mol. The number of primary amides is 1. The maximum absolute atomic E-state index is 10.9. The van der Waals surface area contributed by atoms with E-state index in [0.29, 0.717) is 22.5 Å². The zero-order valence-corrected chi connectivity index (χ0v) is 12.1. The molecule has 7 nitrogen and oxygen atoms in total. The summed E-state index contributed by atoms with van der Waals surface area (Å²) in [6.45, 7) is 5.06. The minimum absolute atomic E-state index is 0.333. The second-order valence-electron chi connectivity index (χ2n) is 5.30. The largest absolute Gasteiger partial charge is 0.471 e. The molecule has 1 amide bonds. The van der Waals surface area contributed by atoms with Crippen LogP contribution in [-0.2, 0) is 4.79 Å². The number of aromatic amines is 1. The number of rotatable bonds is 5. The van der Waals surface area contributed by atoms with E-state index in [2.05, 4.69) is 15.0 Å². The number of aliphatic hydroxyl groups is 1. The van der Waals surface area contributed by atoms with E-state index in [4.69, 9.17) is 10.5 Å². The van der Waals surface area contributed by atoms with Gasteiger partial charge in [0.05, 0.1) is 11.0 Å². The minimum atomic E-state index is -1.02. The van der Waals surface area contributed by atoms with E-state index in [1.807, 2.05) is 0 Å². The summed E-state index contributed by atoms with van der Waals surface area (Å²) in [5.41, 5.74) is 5.34. The molecule has 0 aliphatic rings. The fourth-order valence-electron chi connectivity index (χ4n) is 1.66. The Hall–Kier alpha value is -2.41. The number of fused-ring (bicyclic) bond motifs is 1. The molecule has 0 aliphatic carbocycles. The molecule has 4 N–H and O–H groups in total. The predicted octanol–water partition coefficient (Wildman–Crippen LogP) is 0.995. The van der Waals surface area contributed by atoms with Crippen LogP contribution in [-0.4, -0.2) is 37.7 Å². The number of ether oxygens (including phenoxy) is 1. The number of carbonyl (C=O) groups is 1. The van der Waals surface area contributed by atoms with E-state index in [9.17, 15) is 9.90 Å². The van der Waals surface area contributed by atoms with Crippen molar-refractivity contribution in [2.45, 2.75) is 32.5 Å². The predicted molar refractivity (Wildman–Crippen MR) is 78.5 cm³/mol. The maximum Gasteiger partial charge on any atom is 0.241 e. The summed E-state index contributed by atoms with van der Waals surface area (Å²) in [4.78, 5) is 22.0.